The van der Waals surface area contributed by atoms with E-state index in [-0.39, 0.29) is 24.3 Å². The zero-order valence-electron chi connectivity index (χ0n) is 9.90. The first-order valence-electron chi connectivity index (χ1n) is 5.47. The van der Waals surface area contributed by atoms with Crippen molar-refractivity contribution in [1.82, 2.24) is 10.2 Å². The molecule has 2 aromatic heterocycles. The maximum absolute atomic E-state index is 11.6. The minimum atomic E-state index is -0.226. The quantitative estimate of drug-likeness (QED) is 0.798. The molecule has 5 nitrogen and oxygen atoms in total. The molecule has 0 aliphatic heterocycles. The molecule has 0 bridgehead atoms. The second-order valence-corrected chi connectivity index (χ2v) is 4.88. The molecule has 0 fully saturated rings. The molecule has 6 heteroatoms. The monoisotopic (exact) mass is 263 g/mol. The number of Topliss-reactive ketones (excluding diaryl/α,β-unsaturated/α-hetero) is 1. The van der Waals surface area contributed by atoms with Crippen LogP contribution in [0.2, 0.25) is 0 Å². The molecule has 0 aliphatic carbocycles. The van der Waals surface area contributed by atoms with E-state index in [4.69, 9.17) is 0 Å². The van der Waals surface area contributed by atoms with Crippen molar-refractivity contribution >= 4 is 23.3 Å². The molecule has 0 amide bonds. The highest BCUT2D eigenvalue weighted by atomic mass is 32.1. The van der Waals surface area contributed by atoms with Gasteiger partial charge in [-0.05, 0) is 23.9 Å². The van der Waals surface area contributed by atoms with Crippen molar-refractivity contribution in [3.63, 3.8) is 0 Å². The third kappa shape index (κ3) is 3.27. The summed E-state index contributed by atoms with van der Waals surface area (Å²) in [6.45, 7) is 2.13. The molecule has 18 heavy (non-hydrogen) atoms. The molecule has 0 saturated carbocycles. The summed E-state index contributed by atoms with van der Waals surface area (Å²) >= 11 is 1.60. The van der Waals surface area contributed by atoms with Crippen LogP contribution in [0, 0.1) is 6.92 Å². The van der Waals surface area contributed by atoms with Crippen LogP contribution in [0.4, 0.5) is 0 Å². The lowest BCUT2D eigenvalue weighted by Crippen LogP contribution is -2.07. The number of carbonyl (C=O) groups excluding carboxylic acids is 1. The second-order valence-electron chi connectivity index (χ2n) is 3.94. The molecular formula is C12H13N3O2S. The Kier molecular flexibility index (Phi) is 3.88. The number of aryl methyl sites for hydroxylation is 1. The predicted octanol–water partition coefficient (Wildman–Crippen LogP) is 1.30. The Hall–Kier alpha value is -1.95. The molecule has 0 aliphatic rings. The first kappa shape index (κ1) is 12.5. The summed E-state index contributed by atoms with van der Waals surface area (Å²) in [7, 11) is 0. The minimum Gasteiger partial charge on any atom is -0.302 e. The zero-order chi connectivity index (χ0) is 13.0. The van der Waals surface area contributed by atoms with Crippen LogP contribution in [-0.2, 0) is 11.2 Å². The Labute approximate surface area is 108 Å². The van der Waals surface area contributed by atoms with Gasteiger partial charge in [0.25, 0.3) is 5.56 Å². The van der Waals surface area contributed by atoms with E-state index in [2.05, 4.69) is 15.2 Å². The van der Waals surface area contributed by atoms with Crippen LogP contribution in [0.3, 0.4) is 0 Å². The molecular weight excluding hydrogens is 250 g/mol. The molecule has 0 aromatic carbocycles. The Balaban J connectivity index is 1.87. The van der Waals surface area contributed by atoms with Crippen molar-refractivity contribution in [1.29, 1.82) is 0 Å². The predicted molar refractivity (Wildman–Crippen MR) is 71.6 cm³/mol. The zero-order valence-corrected chi connectivity index (χ0v) is 10.7. The first-order valence-corrected chi connectivity index (χ1v) is 6.35. The number of nitrogens with one attached hydrogen (secondary N) is 2. The van der Waals surface area contributed by atoms with Gasteiger partial charge in [0.05, 0.1) is 13.0 Å². The number of nitrogens with zero attached hydrogens (tertiary/aromatic N) is 1. The lowest BCUT2D eigenvalue weighted by atomic mass is 10.2. The third-order valence-corrected chi connectivity index (χ3v) is 3.37. The smallest absolute Gasteiger partial charge is 0.264 e. The molecule has 0 unspecified atom stereocenters. The van der Waals surface area contributed by atoms with Gasteiger partial charge in [0, 0.05) is 22.9 Å². The lowest BCUT2D eigenvalue weighted by Gasteiger charge is -1.94. The Morgan fingerprint density at radius 3 is 2.94 bits per heavy atom. The summed E-state index contributed by atoms with van der Waals surface area (Å²) in [4.78, 5) is 27.6. The van der Waals surface area contributed by atoms with Gasteiger partial charge in [-0.25, -0.2) is 0 Å². The third-order valence-electron chi connectivity index (χ3n) is 2.42. The molecule has 2 aromatic rings. The van der Waals surface area contributed by atoms with Crippen LogP contribution >= 0.6 is 11.3 Å². The van der Waals surface area contributed by atoms with Crippen molar-refractivity contribution < 1.29 is 4.79 Å². The molecule has 0 radical (unpaired) electrons. The first-order chi connectivity index (χ1) is 8.65. The molecule has 2 N–H and O–H groups in total. The maximum atomic E-state index is 11.6. The van der Waals surface area contributed by atoms with E-state index in [1.54, 1.807) is 17.6 Å². The number of aromatic nitrogens is 2. The van der Waals surface area contributed by atoms with E-state index >= 15 is 0 Å². The number of ketones is 1. The number of hydrogen-bond donors (Lipinski definition) is 2. The van der Waals surface area contributed by atoms with Crippen molar-refractivity contribution in [3.8, 4) is 0 Å². The van der Waals surface area contributed by atoms with Crippen LogP contribution in [0.15, 0.2) is 27.3 Å². The van der Waals surface area contributed by atoms with Gasteiger partial charge in [0.2, 0.25) is 0 Å². The van der Waals surface area contributed by atoms with Gasteiger partial charge in [-0.15, -0.1) is 11.3 Å². The Morgan fingerprint density at radius 1 is 1.50 bits per heavy atom. The fraction of sp³-hybridized carbons (Fsp3) is 0.250. The minimum absolute atomic E-state index is 0.0318. The number of carbonyl (C=O) groups is 1. The Morgan fingerprint density at radius 2 is 2.33 bits per heavy atom. The van der Waals surface area contributed by atoms with Crippen molar-refractivity contribution in [3.05, 3.63) is 44.0 Å². The highest BCUT2D eigenvalue weighted by Crippen LogP contribution is 2.12. The van der Waals surface area contributed by atoms with Gasteiger partial charge < -0.3 is 5.10 Å². The van der Waals surface area contributed by atoms with Gasteiger partial charge >= 0.3 is 0 Å². The second kappa shape index (κ2) is 5.59. The molecule has 0 atom stereocenters. The number of thiophene rings is 1. The Bertz CT molecular complexity index is 621. The van der Waals surface area contributed by atoms with Gasteiger partial charge in [0.1, 0.15) is 0 Å². The highest BCUT2D eigenvalue weighted by molar-refractivity contribution is 7.11. The lowest BCUT2D eigenvalue weighted by molar-refractivity contribution is -0.117. The topological polar surface area (TPSA) is 78.1 Å². The van der Waals surface area contributed by atoms with Gasteiger partial charge in [-0.3, -0.25) is 19.7 Å². The normalized spacial score (nSPS) is 11.2. The molecule has 2 rings (SSSR count). The summed E-state index contributed by atoms with van der Waals surface area (Å²) in [5, 5.41) is 7.02. The summed E-state index contributed by atoms with van der Waals surface area (Å²) < 4.78 is 0. The van der Waals surface area contributed by atoms with Crippen molar-refractivity contribution in [2.75, 3.05) is 6.54 Å². The number of rotatable bonds is 5. The SMILES string of the molecule is Cc1ccsc1C=NCC(=O)Cc1cc(=O)[nH][nH]1. The van der Waals surface area contributed by atoms with Crippen LogP contribution < -0.4 is 5.56 Å². The number of aromatic amines is 2. The number of hydrogen-bond acceptors (Lipinski definition) is 4. The fourth-order valence-electron chi connectivity index (χ4n) is 1.48. The molecule has 0 saturated heterocycles. The molecule has 2 heterocycles. The van der Waals surface area contributed by atoms with Crippen LogP contribution in [0.5, 0.6) is 0 Å². The largest absolute Gasteiger partial charge is 0.302 e. The van der Waals surface area contributed by atoms with Gasteiger partial charge in [0.15, 0.2) is 5.78 Å². The summed E-state index contributed by atoms with van der Waals surface area (Å²) in [6.07, 6.45) is 1.91. The van der Waals surface area contributed by atoms with Crippen LogP contribution in [0.25, 0.3) is 0 Å². The number of H-pyrrole nitrogens is 2. The van der Waals surface area contributed by atoms with Crippen LogP contribution in [0.1, 0.15) is 16.1 Å². The molecule has 0 spiro atoms. The summed E-state index contributed by atoms with van der Waals surface area (Å²) in [5.41, 5.74) is 1.52. The summed E-state index contributed by atoms with van der Waals surface area (Å²) in [6, 6.07) is 3.39. The molecule has 94 valence electrons. The maximum Gasteiger partial charge on any atom is 0.264 e. The van der Waals surface area contributed by atoms with E-state index in [0.29, 0.717) is 5.69 Å². The van der Waals surface area contributed by atoms with E-state index < -0.39 is 0 Å². The number of aliphatic imine (C=N–C) groups is 1. The van der Waals surface area contributed by atoms with E-state index in [1.807, 2.05) is 18.4 Å². The highest BCUT2D eigenvalue weighted by Gasteiger charge is 2.04. The van der Waals surface area contributed by atoms with Gasteiger partial charge in [-0.2, -0.15) is 0 Å². The van der Waals surface area contributed by atoms with Crippen LogP contribution in [-0.4, -0.2) is 28.7 Å². The standard InChI is InChI=1S/C12H13N3O2S/c1-8-2-3-18-11(8)7-13-6-10(16)4-9-5-12(17)15-14-9/h2-3,5,7H,4,6H2,1H3,(H2,14,15,17). The van der Waals surface area contributed by atoms with E-state index in [9.17, 15) is 9.59 Å². The van der Waals surface area contributed by atoms with E-state index in [1.165, 1.54) is 6.07 Å². The van der Waals surface area contributed by atoms with E-state index in [0.717, 1.165) is 10.4 Å². The van der Waals surface area contributed by atoms with Crippen molar-refractivity contribution in [2.24, 2.45) is 4.99 Å². The van der Waals surface area contributed by atoms with Gasteiger partial charge in [-0.1, -0.05) is 0 Å². The fourth-order valence-corrected chi connectivity index (χ4v) is 2.29. The van der Waals surface area contributed by atoms with Crippen molar-refractivity contribution in [2.45, 2.75) is 13.3 Å². The average molecular weight is 263 g/mol. The summed E-state index contributed by atoms with van der Waals surface area (Å²) in [5.74, 6) is -0.0318. The average Bonchev–Trinajstić information content (AvgIpc) is 2.89.